The van der Waals surface area contributed by atoms with Crippen LogP contribution in [0.5, 0.6) is 0 Å². The molecule has 1 aliphatic heterocycles. The maximum atomic E-state index is 11.1. The molecule has 1 aromatic rings. The molecule has 1 unspecified atom stereocenters. The Morgan fingerprint density at radius 2 is 2.50 bits per heavy atom. The number of hydrogen-bond donors (Lipinski definition) is 1. The first-order valence-corrected chi connectivity index (χ1v) is 7.11. The van der Waals surface area contributed by atoms with Crippen LogP contribution in [0, 0.1) is 0 Å². The molecule has 1 atom stereocenters. The fraction of sp³-hybridized carbons (Fsp3) is 0.583. The second kappa shape index (κ2) is 6.15. The van der Waals surface area contributed by atoms with Crippen LogP contribution >= 0.6 is 11.8 Å². The molecule has 1 N–H and O–H groups in total. The number of aromatic carboxylic acids is 1. The molecule has 18 heavy (non-hydrogen) atoms. The summed E-state index contributed by atoms with van der Waals surface area (Å²) in [6.07, 6.45) is 3.94. The molecule has 0 saturated carbocycles. The van der Waals surface area contributed by atoms with Gasteiger partial charge in [0, 0.05) is 36.8 Å². The van der Waals surface area contributed by atoms with Gasteiger partial charge in [-0.3, -0.25) is 4.90 Å². The molecule has 0 bridgehead atoms. The van der Waals surface area contributed by atoms with E-state index in [9.17, 15) is 4.79 Å². The maximum absolute atomic E-state index is 11.1. The minimum atomic E-state index is -0.955. The third-order valence-electron chi connectivity index (χ3n) is 3.08. The molecule has 98 valence electrons. The van der Waals surface area contributed by atoms with Gasteiger partial charge >= 0.3 is 5.97 Å². The average Bonchev–Trinajstić information content (AvgIpc) is 2.39. The smallest absolute Gasteiger partial charge is 0.339 e. The zero-order valence-electron chi connectivity index (χ0n) is 10.4. The SMILES string of the molecule is CCC1CN(Cc2ncncc2C(=O)O)CCS1. The molecular formula is C12H17N3O2S. The molecule has 1 saturated heterocycles. The van der Waals surface area contributed by atoms with Crippen molar-refractivity contribution >= 4 is 17.7 Å². The van der Waals surface area contributed by atoms with Crippen molar-refractivity contribution in [3.63, 3.8) is 0 Å². The Hall–Kier alpha value is -1.14. The molecule has 1 aromatic heterocycles. The molecule has 2 heterocycles. The molecule has 2 rings (SSSR count). The van der Waals surface area contributed by atoms with Crippen LogP contribution in [0.15, 0.2) is 12.5 Å². The second-order valence-electron chi connectivity index (χ2n) is 4.32. The van der Waals surface area contributed by atoms with Crippen LogP contribution in [0.25, 0.3) is 0 Å². The van der Waals surface area contributed by atoms with E-state index in [1.54, 1.807) is 0 Å². The standard InChI is InChI=1S/C12H17N3O2S/c1-2-9-6-15(3-4-18-9)7-11-10(12(16)17)5-13-8-14-11/h5,8-9H,2-4,6-7H2,1H3,(H,16,17). The van der Waals surface area contributed by atoms with Gasteiger partial charge in [0.2, 0.25) is 0 Å². The van der Waals surface area contributed by atoms with E-state index >= 15 is 0 Å². The molecule has 6 heteroatoms. The van der Waals surface area contributed by atoms with Gasteiger partial charge in [-0.25, -0.2) is 14.8 Å². The highest BCUT2D eigenvalue weighted by atomic mass is 32.2. The predicted octanol–water partition coefficient (Wildman–Crippen LogP) is 1.50. The Balaban J connectivity index is 2.07. The summed E-state index contributed by atoms with van der Waals surface area (Å²) in [6, 6.07) is 0. The molecule has 1 aliphatic rings. The Labute approximate surface area is 111 Å². The zero-order chi connectivity index (χ0) is 13.0. The number of aromatic nitrogens is 2. The van der Waals surface area contributed by atoms with E-state index in [4.69, 9.17) is 5.11 Å². The van der Waals surface area contributed by atoms with Gasteiger partial charge in [-0.15, -0.1) is 0 Å². The van der Waals surface area contributed by atoms with Crippen LogP contribution in [-0.4, -0.2) is 50.0 Å². The van der Waals surface area contributed by atoms with E-state index in [-0.39, 0.29) is 5.56 Å². The van der Waals surface area contributed by atoms with E-state index < -0.39 is 5.97 Å². The van der Waals surface area contributed by atoms with E-state index in [1.165, 1.54) is 12.5 Å². The highest BCUT2D eigenvalue weighted by Crippen LogP contribution is 2.22. The lowest BCUT2D eigenvalue weighted by Crippen LogP contribution is -2.37. The quantitative estimate of drug-likeness (QED) is 0.892. The third kappa shape index (κ3) is 3.20. The van der Waals surface area contributed by atoms with Gasteiger partial charge in [0.15, 0.2) is 0 Å². The monoisotopic (exact) mass is 267 g/mol. The molecule has 0 spiro atoms. The summed E-state index contributed by atoms with van der Waals surface area (Å²) < 4.78 is 0. The van der Waals surface area contributed by atoms with Crippen molar-refractivity contribution in [3.8, 4) is 0 Å². The second-order valence-corrected chi connectivity index (χ2v) is 5.73. The summed E-state index contributed by atoms with van der Waals surface area (Å²) >= 11 is 2.00. The highest BCUT2D eigenvalue weighted by Gasteiger charge is 2.21. The van der Waals surface area contributed by atoms with Crippen LogP contribution in [0.2, 0.25) is 0 Å². The number of carboxylic acid groups (broad SMARTS) is 1. The van der Waals surface area contributed by atoms with Crippen LogP contribution in [0.1, 0.15) is 29.4 Å². The van der Waals surface area contributed by atoms with Crippen LogP contribution in [0.4, 0.5) is 0 Å². The van der Waals surface area contributed by atoms with E-state index in [1.807, 2.05) is 11.8 Å². The number of carboxylic acids is 1. The largest absolute Gasteiger partial charge is 0.478 e. The van der Waals surface area contributed by atoms with Crippen molar-refractivity contribution in [2.45, 2.75) is 25.1 Å². The van der Waals surface area contributed by atoms with Crippen molar-refractivity contribution in [3.05, 3.63) is 23.8 Å². The van der Waals surface area contributed by atoms with E-state index in [0.717, 1.165) is 25.3 Å². The lowest BCUT2D eigenvalue weighted by molar-refractivity contribution is 0.0693. The van der Waals surface area contributed by atoms with E-state index in [2.05, 4.69) is 21.8 Å². The fourth-order valence-electron chi connectivity index (χ4n) is 2.04. The van der Waals surface area contributed by atoms with Gasteiger partial charge in [-0.2, -0.15) is 11.8 Å². The average molecular weight is 267 g/mol. The number of hydrogen-bond acceptors (Lipinski definition) is 5. The summed E-state index contributed by atoms with van der Waals surface area (Å²) in [4.78, 5) is 21.2. The molecule has 0 aliphatic carbocycles. The third-order valence-corrected chi connectivity index (χ3v) is 4.45. The van der Waals surface area contributed by atoms with Crippen molar-refractivity contribution in [1.29, 1.82) is 0 Å². The Morgan fingerprint density at radius 1 is 1.67 bits per heavy atom. The van der Waals surface area contributed by atoms with Crippen LogP contribution < -0.4 is 0 Å². The van der Waals surface area contributed by atoms with Crippen LogP contribution in [-0.2, 0) is 6.54 Å². The number of carbonyl (C=O) groups is 1. The topological polar surface area (TPSA) is 66.3 Å². The Morgan fingerprint density at radius 3 is 3.22 bits per heavy atom. The lowest BCUT2D eigenvalue weighted by atomic mass is 10.2. The first-order valence-electron chi connectivity index (χ1n) is 6.06. The fourth-order valence-corrected chi connectivity index (χ4v) is 3.29. The van der Waals surface area contributed by atoms with Crippen molar-refractivity contribution < 1.29 is 9.90 Å². The highest BCUT2D eigenvalue weighted by molar-refractivity contribution is 8.00. The van der Waals surface area contributed by atoms with Gasteiger partial charge in [-0.1, -0.05) is 6.92 Å². The minimum Gasteiger partial charge on any atom is -0.478 e. The summed E-state index contributed by atoms with van der Waals surface area (Å²) in [5, 5.41) is 9.74. The van der Waals surface area contributed by atoms with Crippen molar-refractivity contribution in [2.75, 3.05) is 18.8 Å². The molecule has 0 radical (unpaired) electrons. The van der Waals surface area contributed by atoms with Crippen molar-refractivity contribution in [2.24, 2.45) is 0 Å². The Bertz CT molecular complexity index is 428. The maximum Gasteiger partial charge on any atom is 0.339 e. The zero-order valence-corrected chi connectivity index (χ0v) is 11.2. The summed E-state index contributed by atoms with van der Waals surface area (Å²) in [7, 11) is 0. The first kappa shape index (κ1) is 13.3. The van der Waals surface area contributed by atoms with Crippen LogP contribution in [0.3, 0.4) is 0 Å². The molecular weight excluding hydrogens is 250 g/mol. The molecule has 5 nitrogen and oxygen atoms in total. The molecule has 1 fully saturated rings. The number of rotatable bonds is 4. The molecule has 0 aromatic carbocycles. The number of thioether (sulfide) groups is 1. The van der Waals surface area contributed by atoms with Gasteiger partial charge in [0.25, 0.3) is 0 Å². The predicted molar refractivity (Wildman–Crippen MR) is 70.8 cm³/mol. The first-order chi connectivity index (χ1) is 8.70. The summed E-state index contributed by atoms with van der Waals surface area (Å²) in [5.74, 6) is 0.149. The van der Waals surface area contributed by atoms with Gasteiger partial charge in [0.05, 0.1) is 5.69 Å². The van der Waals surface area contributed by atoms with Crippen molar-refractivity contribution in [1.82, 2.24) is 14.9 Å². The van der Waals surface area contributed by atoms with Gasteiger partial charge in [0.1, 0.15) is 11.9 Å². The summed E-state index contributed by atoms with van der Waals surface area (Å²) in [5.41, 5.74) is 0.822. The number of nitrogens with zero attached hydrogens (tertiary/aromatic N) is 3. The normalized spacial score (nSPS) is 20.8. The summed E-state index contributed by atoms with van der Waals surface area (Å²) in [6.45, 7) is 4.78. The lowest BCUT2D eigenvalue weighted by Gasteiger charge is -2.31. The van der Waals surface area contributed by atoms with Gasteiger partial charge in [-0.05, 0) is 6.42 Å². The van der Waals surface area contributed by atoms with E-state index in [0.29, 0.717) is 17.5 Å². The Kier molecular flexibility index (Phi) is 4.54. The minimum absolute atomic E-state index is 0.212. The van der Waals surface area contributed by atoms with Gasteiger partial charge < -0.3 is 5.11 Å². The molecule has 0 amide bonds.